The summed E-state index contributed by atoms with van der Waals surface area (Å²) in [5.74, 6) is -1.39. The predicted octanol–water partition coefficient (Wildman–Crippen LogP) is 1.68. The highest BCUT2D eigenvalue weighted by Gasteiger charge is 2.25. The van der Waals surface area contributed by atoms with Gasteiger partial charge in [-0.25, -0.2) is 17.6 Å². The van der Waals surface area contributed by atoms with E-state index in [9.17, 15) is 22.4 Å². The molecule has 9 heteroatoms. The third-order valence-corrected chi connectivity index (χ3v) is 5.24. The summed E-state index contributed by atoms with van der Waals surface area (Å²) in [6.07, 6.45) is 0. The maximum Gasteiger partial charge on any atom is 0.321 e. The summed E-state index contributed by atoms with van der Waals surface area (Å²) in [5, 5.41) is 5.04. The van der Waals surface area contributed by atoms with Crippen LogP contribution in [0.3, 0.4) is 0 Å². The van der Waals surface area contributed by atoms with E-state index in [2.05, 4.69) is 10.6 Å². The van der Waals surface area contributed by atoms with E-state index in [0.29, 0.717) is 5.69 Å². The monoisotopic (exact) mass is 357 g/mol. The van der Waals surface area contributed by atoms with Gasteiger partial charge in [-0.3, -0.25) is 4.79 Å². The lowest BCUT2D eigenvalue weighted by molar-refractivity contribution is -0.118. The molecule has 1 aromatic rings. The first-order valence-corrected chi connectivity index (χ1v) is 9.37. The Morgan fingerprint density at radius 3 is 2.38 bits per heavy atom. The highest BCUT2D eigenvalue weighted by molar-refractivity contribution is 7.91. The Balaban J connectivity index is 2.04. The van der Waals surface area contributed by atoms with Crippen molar-refractivity contribution >= 4 is 33.2 Å². The molecule has 1 fully saturated rings. The van der Waals surface area contributed by atoms with Gasteiger partial charge in [0, 0.05) is 24.7 Å². The Hall–Kier alpha value is -2.16. The maximum atomic E-state index is 13.8. The fraction of sp³-hybridized carbons (Fsp3) is 0.467. The Morgan fingerprint density at radius 2 is 1.79 bits per heavy atom. The van der Waals surface area contributed by atoms with E-state index in [1.165, 1.54) is 17.0 Å². The number of carbonyl (C=O) groups excluding carboxylic acids is 2. The van der Waals surface area contributed by atoms with Gasteiger partial charge in [0.2, 0.25) is 5.91 Å². The standard InChI is InChI=1S/C15H20FN3O4S/c1-10(2)14(20)18-13-9-11(3-4-12(13)16)17-15(21)19-5-7-24(22,23)8-6-19/h3-4,9-10H,5-8H2,1-2H3,(H,17,21)(H,18,20). The number of carbonyl (C=O) groups is 2. The van der Waals surface area contributed by atoms with Crippen LogP contribution in [-0.4, -0.2) is 49.9 Å². The van der Waals surface area contributed by atoms with Gasteiger partial charge in [-0.15, -0.1) is 0 Å². The molecule has 0 radical (unpaired) electrons. The first kappa shape index (κ1) is 18.2. The minimum atomic E-state index is -3.07. The third-order valence-electron chi connectivity index (χ3n) is 3.63. The zero-order valence-electron chi connectivity index (χ0n) is 13.5. The highest BCUT2D eigenvalue weighted by Crippen LogP contribution is 2.21. The van der Waals surface area contributed by atoms with Crippen LogP contribution in [0.4, 0.5) is 20.6 Å². The average molecular weight is 357 g/mol. The molecule has 1 heterocycles. The summed E-state index contributed by atoms with van der Waals surface area (Å²) in [6, 6.07) is 3.39. The summed E-state index contributed by atoms with van der Waals surface area (Å²) in [5.41, 5.74) is 0.293. The molecule has 132 valence electrons. The minimum absolute atomic E-state index is 0.0206. The lowest BCUT2D eigenvalue weighted by Gasteiger charge is -2.26. The smallest absolute Gasteiger partial charge is 0.321 e. The summed E-state index contributed by atoms with van der Waals surface area (Å²) >= 11 is 0. The quantitative estimate of drug-likeness (QED) is 0.860. The van der Waals surface area contributed by atoms with Crippen molar-refractivity contribution in [2.45, 2.75) is 13.8 Å². The molecule has 1 aromatic carbocycles. The topological polar surface area (TPSA) is 95.6 Å². The second-order valence-corrected chi connectivity index (χ2v) is 8.21. The van der Waals surface area contributed by atoms with Crippen molar-refractivity contribution in [2.24, 2.45) is 5.92 Å². The van der Waals surface area contributed by atoms with Gasteiger partial charge in [0.15, 0.2) is 9.84 Å². The molecule has 1 aliphatic heterocycles. The van der Waals surface area contributed by atoms with Gasteiger partial charge in [0.05, 0.1) is 17.2 Å². The van der Waals surface area contributed by atoms with Crippen LogP contribution in [0, 0.1) is 11.7 Å². The molecule has 24 heavy (non-hydrogen) atoms. The van der Waals surface area contributed by atoms with Crippen molar-refractivity contribution in [2.75, 3.05) is 35.2 Å². The molecule has 0 atom stereocenters. The van der Waals surface area contributed by atoms with E-state index in [0.717, 1.165) is 6.07 Å². The van der Waals surface area contributed by atoms with Gasteiger partial charge in [-0.05, 0) is 18.2 Å². The highest BCUT2D eigenvalue weighted by atomic mass is 32.2. The van der Waals surface area contributed by atoms with Crippen molar-refractivity contribution in [1.29, 1.82) is 0 Å². The number of urea groups is 1. The number of nitrogens with one attached hydrogen (secondary N) is 2. The first-order chi connectivity index (χ1) is 11.2. The van der Waals surface area contributed by atoms with Crippen molar-refractivity contribution in [1.82, 2.24) is 4.90 Å². The van der Waals surface area contributed by atoms with E-state index in [1.807, 2.05) is 0 Å². The second kappa shape index (κ2) is 7.16. The molecule has 7 nitrogen and oxygen atoms in total. The fourth-order valence-electron chi connectivity index (χ4n) is 2.09. The zero-order valence-corrected chi connectivity index (χ0v) is 14.3. The van der Waals surface area contributed by atoms with Crippen LogP contribution < -0.4 is 10.6 Å². The molecule has 3 amide bonds. The maximum absolute atomic E-state index is 13.8. The molecular formula is C15H20FN3O4S. The molecule has 2 N–H and O–H groups in total. The molecule has 0 saturated carbocycles. The van der Waals surface area contributed by atoms with Gasteiger partial charge in [0.1, 0.15) is 5.82 Å². The number of hydrogen-bond donors (Lipinski definition) is 2. The number of amides is 3. The molecule has 2 rings (SSSR count). The largest absolute Gasteiger partial charge is 0.323 e. The van der Waals surface area contributed by atoms with Crippen molar-refractivity contribution in [3.8, 4) is 0 Å². The summed E-state index contributed by atoms with van der Waals surface area (Å²) in [6.45, 7) is 3.60. The van der Waals surface area contributed by atoms with Gasteiger partial charge < -0.3 is 15.5 Å². The van der Waals surface area contributed by atoms with Crippen LogP contribution in [0.5, 0.6) is 0 Å². The van der Waals surface area contributed by atoms with Gasteiger partial charge in [-0.1, -0.05) is 13.8 Å². The molecule has 0 aliphatic carbocycles. The molecule has 0 spiro atoms. The Bertz CT molecular complexity index is 735. The lowest BCUT2D eigenvalue weighted by atomic mass is 10.2. The van der Waals surface area contributed by atoms with Gasteiger partial charge in [0.25, 0.3) is 0 Å². The molecule has 1 saturated heterocycles. The zero-order chi connectivity index (χ0) is 17.9. The van der Waals surface area contributed by atoms with Crippen molar-refractivity contribution in [3.63, 3.8) is 0 Å². The van der Waals surface area contributed by atoms with Crippen LogP contribution in [0.1, 0.15) is 13.8 Å². The number of benzene rings is 1. The molecule has 0 aromatic heterocycles. The number of halogens is 1. The Labute approximate surface area is 140 Å². The van der Waals surface area contributed by atoms with Crippen LogP contribution >= 0.6 is 0 Å². The van der Waals surface area contributed by atoms with Crippen molar-refractivity contribution in [3.05, 3.63) is 24.0 Å². The summed E-state index contributed by atoms with van der Waals surface area (Å²) in [7, 11) is -3.07. The van der Waals surface area contributed by atoms with E-state index < -0.39 is 21.7 Å². The minimum Gasteiger partial charge on any atom is -0.323 e. The van der Waals surface area contributed by atoms with Crippen LogP contribution in [-0.2, 0) is 14.6 Å². The average Bonchev–Trinajstić information content (AvgIpc) is 2.50. The molecule has 0 bridgehead atoms. The van der Waals surface area contributed by atoms with E-state index in [1.54, 1.807) is 13.8 Å². The fourth-order valence-corrected chi connectivity index (χ4v) is 3.30. The SMILES string of the molecule is CC(C)C(=O)Nc1cc(NC(=O)N2CCS(=O)(=O)CC2)ccc1F. The summed E-state index contributed by atoms with van der Waals surface area (Å²) in [4.78, 5) is 25.2. The number of nitrogens with zero attached hydrogens (tertiary/aromatic N) is 1. The van der Waals surface area contributed by atoms with E-state index >= 15 is 0 Å². The van der Waals surface area contributed by atoms with Crippen molar-refractivity contribution < 1.29 is 22.4 Å². The molecular weight excluding hydrogens is 337 g/mol. The Kier molecular flexibility index (Phi) is 5.43. The number of anilines is 2. The second-order valence-electron chi connectivity index (χ2n) is 5.91. The first-order valence-electron chi connectivity index (χ1n) is 7.55. The number of sulfone groups is 1. The van der Waals surface area contributed by atoms with Gasteiger partial charge in [-0.2, -0.15) is 0 Å². The van der Waals surface area contributed by atoms with Gasteiger partial charge >= 0.3 is 6.03 Å². The predicted molar refractivity (Wildman–Crippen MR) is 89.1 cm³/mol. The lowest BCUT2D eigenvalue weighted by Crippen LogP contribution is -2.45. The number of rotatable bonds is 3. The molecule has 1 aliphatic rings. The van der Waals surface area contributed by atoms with Crippen LogP contribution in [0.2, 0.25) is 0 Å². The number of hydrogen-bond acceptors (Lipinski definition) is 4. The van der Waals surface area contributed by atoms with E-state index in [-0.39, 0.29) is 42.1 Å². The Morgan fingerprint density at radius 1 is 1.17 bits per heavy atom. The summed E-state index contributed by atoms with van der Waals surface area (Å²) < 4.78 is 36.5. The van der Waals surface area contributed by atoms with Crippen LogP contribution in [0.15, 0.2) is 18.2 Å². The normalized spacial score (nSPS) is 16.8. The van der Waals surface area contributed by atoms with Crippen LogP contribution in [0.25, 0.3) is 0 Å². The third kappa shape index (κ3) is 4.67. The van der Waals surface area contributed by atoms with E-state index in [4.69, 9.17) is 0 Å². The molecule has 0 unspecified atom stereocenters.